The van der Waals surface area contributed by atoms with Crippen LogP contribution in [-0.4, -0.2) is 6.54 Å². The summed E-state index contributed by atoms with van der Waals surface area (Å²) >= 11 is 0. The number of rotatable bonds is 5. The molecular weight excluding hydrogens is 272 g/mol. The number of nitrogens with one attached hydrogen (secondary N) is 1. The molecule has 0 aliphatic heterocycles. The van der Waals surface area contributed by atoms with Gasteiger partial charge in [0.15, 0.2) is 11.6 Å². The van der Waals surface area contributed by atoms with Crippen LogP contribution in [0.25, 0.3) is 0 Å². The van der Waals surface area contributed by atoms with Crippen molar-refractivity contribution in [3.63, 3.8) is 0 Å². The van der Waals surface area contributed by atoms with Crippen LogP contribution in [0.5, 0.6) is 11.5 Å². The van der Waals surface area contributed by atoms with Gasteiger partial charge in [0.05, 0.1) is 0 Å². The Balaban J connectivity index is 2.40. The Morgan fingerprint density at radius 1 is 1.10 bits per heavy atom. The van der Waals surface area contributed by atoms with E-state index >= 15 is 0 Å². The third-order valence-electron chi connectivity index (χ3n) is 3.26. The molecule has 0 saturated heterocycles. The molecule has 0 fully saturated rings. The van der Waals surface area contributed by atoms with E-state index in [1.807, 2.05) is 20.8 Å². The standard InChI is InChI=1S/C17H19F2NO/c1-4-20-12(3)17-14(19)6-5-7-15(17)21-16-10-11(2)8-9-13(16)18/h5-10,12,20H,4H2,1-3H3. The van der Waals surface area contributed by atoms with E-state index in [1.54, 1.807) is 24.3 Å². The Labute approximate surface area is 123 Å². The quantitative estimate of drug-likeness (QED) is 0.859. The van der Waals surface area contributed by atoms with Gasteiger partial charge in [-0.1, -0.05) is 19.1 Å². The first-order chi connectivity index (χ1) is 10.0. The Morgan fingerprint density at radius 2 is 1.86 bits per heavy atom. The van der Waals surface area contributed by atoms with E-state index in [2.05, 4.69) is 5.32 Å². The van der Waals surface area contributed by atoms with Crippen LogP contribution in [-0.2, 0) is 0 Å². The molecule has 0 saturated carbocycles. The zero-order chi connectivity index (χ0) is 15.4. The number of aryl methyl sites for hydroxylation is 1. The van der Waals surface area contributed by atoms with Crippen LogP contribution in [0.3, 0.4) is 0 Å². The summed E-state index contributed by atoms with van der Waals surface area (Å²) < 4.78 is 33.5. The van der Waals surface area contributed by atoms with Gasteiger partial charge in [-0.15, -0.1) is 0 Å². The van der Waals surface area contributed by atoms with Crippen molar-refractivity contribution in [3.05, 3.63) is 59.2 Å². The van der Waals surface area contributed by atoms with Crippen molar-refractivity contribution in [1.82, 2.24) is 5.32 Å². The summed E-state index contributed by atoms with van der Waals surface area (Å²) in [5, 5.41) is 3.14. The van der Waals surface area contributed by atoms with Crippen LogP contribution in [0.2, 0.25) is 0 Å². The molecule has 2 aromatic rings. The van der Waals surface area contributed by atoms with Crippen LogP contribution in [0.1, 0.15) is 31.0 Å². The summed E-state index contributed by atoms with van der Waals surface area (Å²) in [4.78, 5) is 0. The van der Waals surface area contributed by atoms with Crippen LogP contribution in [0.4, 0.5) is 8.78 Å². The highest BCUT2D eigenvalue weighted by Gasteiger charge is 2.17. The van der Waals surface area contributed by atoms with Crippen molar-refractivity contribution in [3.8, 4) is 11.5 Å². The summed E-state index contributed by atoms with van der Waals surface area (Å²) in [6, 6.07) is 8.96. The molecule has 1 N–H and O–H groups in total. The van der Waals surface area contributed by atoms with Crippen LogP contribution in [0, 0.1) is 18.6 Å². The Bertz CT molecular complexity index is 628. The van der Waals surface area contributed by atoms with Crippen molar-refractivity contribution in [2.45, 2.75) is 26.8 Å². The van der Waals surface area contributed by atoms with Gasteiger partial charge in [0.1, 0.15) is 11.6 Å². The SMILES string of the molecule is CCNC(C)c1c(F)cccc1Oc1cc(C)ccc1F. The van der Waals surface area contributed by atoms with Gasteiger partial charge in [-0.3, -0.25) is 0 Å². The minimum Gasteiger partial charge on any atom is -0.454 e. The van der Waals surface area contributed by atoms with E-state index in [0.29, 0.717) is 17.9 Å². The number of hydrogen-bond acceptors (Lipinski definition) is 2. The van der Waals surface area contributed by atoms with Gasteiger partial charge in [0, 0.05) is 11.6 Å². The first kappa shape index (κ1) is 15.4. The lowest BCUT2D eigenvalue weighted by Crippen LogP contribution is -2.19. The molecule has 1 atom stereocenters. The fourth-order valence-electron chi connectivity index (χ4n) is 2.24. The highest BCUT2D eigenvalue weighted by molar-refractivity contribution is 5.41. The van der Waals surface area contributed by atoms with Crippen LogP contribution >= 0.6 is 0 Å². The monoisotopic (exact) mass is 291 g/mol. The zero-order valence-corrected chi connectivity index (χ0v) is 12.4. The minimum atomic E-state index is -0.466. The van der Waals surface area contributed by atoms with Gasteiger partial charge in [-0.2, -0.15) is 0 Å². The fraction of sp³-hybridized carbons (Fsp3) is 0.294. The third-order valence-corrected chi connectivity index (χ3v) is 3.26. The molecule has 2 aromatic carbocycles. The minimum absolute atomic E-state index is 0.102. The largest absolute Gasteiger partial charge is 0.454 e. The van der Waals surface area contributed by atoms with E-state index in [1.165, 1.54) is 12.1 Å². The normalized spacial score (nSPS) is 12.2. The van der Waals surface area contributed by atoms with E-state index in [-0.39, 0.29) is 17.6 Å². The molecule has 2 rings (SSSR count). The topological polar surface area (TPSA) is 21.3 Å². The lowest BCUT2D eigenvalue weighted by Gasteiger charge is -2.18. The second kappa shape index (κ2) is 6.68. The zero-order valence-electron chi connectivity index (χ0n) is 12.4. The molecule has 2 nitrogen and oxygen atoms in total. The second-order valence-corrected chi connectivity index (χ2v) is 4.97. The lowest BCUT2D eigenvalue weighted by molar-refractivity contribution is 0.421. The molecule has 0 radical (unpaired) electrons. The first-order valence-electron chi connectivity index (χ1n) is 6.98. The van der Waals surface area contributed by atoms with Gasteiger partial charge >= 0.3 is 0 Å². The molecule has 4 heteroatoms. The molecule has 0 aliphatic carbocycles. The van der Waals surface area contributed by atoms with Gasteiger partial charge < -0.3 is 10.1 Å². The Hall–Kier alpha value is -1.94. The van der Waals surface area contributed by atoms with Crippen molar-refractivity contribution in [2.75, 3.05) is 6.54 Å². The maximum Gasteiger partial charge on any atom is 0.165 e. The van der Waals surface area contributed by atoms with E-state index in [0.717, 1.165) is 5.56 Å². The number of ether oxygens (including phenoxy) is 1. The van der Waals surface area contributed by atoms with E-state index < -0.39 is 5.82 Å². The molecule has 0 spiro atoms. The molecule has 0 heterocycles. The molecule has 0 bridgehead atoms. The highest BCUT2D eigenvalue weighted by atomic mass is 19.1. The van der Waals surface area contributed by atoms with Crippen molar-refractivity contribution >= 4 is 0 Å². The molecule has 1 unspecified atom stereocenters. The highest BCUT2D eigenvalue weighted by Crippen LogP contribution is 2.33. The molecule has 0 aromatic heterocycles. The lowest BCUT2D eigenvalue weighted by atomic mass is 10.1. The van der Waals surface area contributed by atoms with Crippen molar-refractivity contribution in [1.29, 1.82) is 0 Å². The molecular formula is C17H19F2NO. The maximum atomic E-state index is 14.1. The summed E-state index contributed by atoms with van der Waals surface area (Å²) in [6.07, 6.45) is 0. The Morgan fingerprint density at radius 3 is 2.57 bits per heavy atom. The summed E-state index contributed by atoms with van der Waals surface area (Å²) in [5.74, 6) is -0.403. The van der Waals surface area contributed by atoms with Crippen molar-refractivity contribution in [2.24, 2.45) is 0 Å². The number of hydrogen-bond donors (Lipinski definition) is 1. The average molecular weight is 291 g/mol. The molecule has 0 aliphatic rings. The summed E-state index contributed by atoms with van der Waals surface area (Å²) in [5.41, 5.74) is 1.28. The predicted octanol–water partition coefficient (Wildman–Crippen LogP) is 4.74. The van der Waals surface area contributed by atoms with Crippen LogP contribution in [0.15, 0.2) is 36.4 Å². The van der Waals surface area contributed by atoms with E-state index in [9.17, 15) is 8.78 Å². The van der Waals surface area contributed by atoms with Gasteiger partial charge in [-0.25, -0.2) is 8.78 Å². The second-order valence-electron chi connectivity index (χ2n) is 4.97. The van der Waals surface area contributed by atoms with Crippen molar-refractivity contribution < 1.29 is 13.5 Å². The van der Waals surface area contributed by atoms with Crippen LogP contribution < -0.4 is 10.1 Å². The molecule has 112 valence electrons. The molecule has 0 amide bonds. The molecule has 21 heavy (non-hydrogen) atoms. The van der Waals surface area contributed by atoms with Gasteiger partial charge in [0.25, 0.3) is 0 Å². The maximum absolute atomic E-state index is 14.1. The van der Waals surface area contributed by atoms with Gasteiger partial charge in [-0.05, 0) is 50.2 Å². The smallest absolute Gasteiger partial charge is 0.165 e. The summed E-state index contributed by atoms with van der Waals surface area (Å²) in [7, 11) is 0. The average Bonchev–Trinajstić information content (AvgIpc) is 2.43. The Kier molecular flexibility index (Phi) is 4.91. The number of halogens is 2. The van der Waals surface area contributed by atoms with E-state index in [4.69, 9.17) is 4.74 Å². The predicted molar refractivity (Wildman–Crippen MR) is 79.7 cm³/mol. The summed E-state index contributed by atoms with van der Waals surface area (Å²) in [6.45, 7) is 6.34. The van der Waals surface area contributed by atoms with Gasteiger partial charge in [0.2, 0.25) is 0 Å². The fourth-order valence-corrected chi connectivity index (χ4v) is 2.24. The number of benzene rings is 2. The third kappa shape index (κ3) is 3.58. The first-order valence-corrected chi connectivity index (χ1v) is 6.98.